The van der Waals surface area contributed by atoms with Crippen molar-refractivity contribution in [2.45, 2.75) is 206 Å². The predicted molar refractivity (Wildman–Crippen MR) is 214 cm³/mol. The number of hydrogen-bond donors (Lipinski definition) is 1. The van der Waals surface area contributed by atoms with Crippen molar-refractivity contribution in [3.8, 4) is 0 Å². The number of esters is 2. The molecule has 8 heteroatoms. The van der Waals surface area contributed by atoms with Crippen LogP contribution in [0.1, 0.15) is 206 Å². The van der Waals surface area contributed by atoms with E-state index in [0.717, 1.165) is 64.2 Å². The fourth-order valence-electron chi connectivity index (χ4n) is 6.10. The van der Waals surface area contributed by atoms with Crippen molar-refractivity contribution in [3.63, 3.8) is 0 Å². The minimum atomic E-state index is -1.05. The standard InChI is InChI=1S/C44H79NO7/c1-3-5-7-9-11-13-15-17-19-21-23-25-27-29-31-33-43(49)51-39-37-45(41(46)35-36-42(47)48)38-40-52-44(50)34-32-30-28-26-24-22-20-18-16-14-12-10-8-6-4-2/h17-20H,3-16,21-40H2,1-2H3,(H,47,48)/b19-17-,20-18-. The SMILES string of the molecule is CCCCCCCC/C=C\CCCCCCCC(=O)OCCN(CCOC(=O)CCCCCCC/C=C\CCCCCCCC)C(=O)CCC(=O)O. The molecule has 0 radical (unpaired) electrons. The number of carboxylic acids is 1. The van der Waals surface area contributed by atoms with Gasteiger partial charge in [0, 0.05) is 19.3 Å². The van der Waals surface area contributed by atoms with Gasteiger partial charge in [-0.25, -0.2) is 0 Å². The number of ether oxygens (including phenoxy) is 2. The highest BCUT2D eigenvalue weighted by Gasteiger charge is 2.16. The molecule has 0 rings (SSSR count). The zero-order valence-corrected chi connectivity index (χ0v) is 33.7. The lowest BCUT2D eigenvalue weighted by atomic mass is 10.1. The second-order valence-corrected chi connectivity index (χ2v) is 14.4. The van der Waals surface area contributed by atoms with Crippen LogP contribution in [0.5, 0.6) is 0 Å². The van der Waals surface area contributed by atoms with Crippen LogP contribution in [0, 0.1) is 0 Å². The first-order valence-electron chi connectivity index (χ1n) is 21.5. The number of carboxylic acid groups (broad SMARTS) is 1. The summed E-state index contributed by atoms with van der Waals surface area (Å²) in [6, 6.07) is 0. The molecule has 0 fully saturated rings. The van der Waals surface area contributed by atoms with E-state index < -0.39 is 5.97 Å². The Balaban J connectivity index is 4.00. The van der Waals surface area contributed by atoms with Crippen molar-refractivity contribution in [2.24, 2.45) is 0 Å². The number of hydrogen-bond acceptors (Lipinski definition) is 6. The Morgan fingerprint density at radius 1 is 0.442 bits per heavy atom. The highest BCUT2D eigenvalue weighted by atomic mass is 16.5. The van der Waals surface area contributed by atoms with Gasteiger partial charge < -0.3 is 19.5 Å². The van der Waals surface area contributed by atoms with E-state index in [9.17, 15) is 19.2 Å². The Labute approximate surface area is 318 Å². The smallest absolute Gasteiger partial charge is 0.305 e. The van der Waals surface area contributed by atoms with Crippen molar-refractivity contribution in [1.82, 2.24) is 4.90 Å². The molecule has 0 spiro atoms. The molecule has 1 amide bonds. The van der Waals surface area contributed by atoms with Gasteiger partial charge >= 0.3 is 17.9 Å². The van der Waals surface area contributed by atoms with E-state index in [4.69, 9.17) is 14.6 Å². The van der Waals surface area contributed by atoms with Gasteiger partial charge in [0.25, 0.3) is 0 Å². The van der Waals surface area contributed by atoms with Gasteiger partial charge in [-0.2, -0.15) is 0 Å². The second kappa shape index (κ2) is 39.6. The molecule has 0 saturated carbocycles. The van der Waals surface area contributed by atoms with E-state index in [1.165, 1.54) is 108 Å². The summed E-state index contributed by atoms with van der Waals surface area (Å²) in [5.74, 6) is -1.99. The molecule has 8 nitrogen and oxygen atoms in total. The topological polar surface area (TPSA) is 110 Å². The van der Waals surface area contributed by atoms with Gasteiger partial charge in [0.15, 0.2) is 0 Å². The summed E-state index contributed by atoms with van der Waals surface area (Å²) in [5, 5.41) is 8.99. The van der Waals surface area contributed by atoms with E-state index in [1.807, 2.05) is 0 Å². The molecule has 0 aliphatic rings. The number of allylic oxidation sites excluding steroid dienone is 4. The Hall–Kier alpha value is -2.64. The first-order chi connectivity index (χ1) is 25.4. The van der Waals surface area contributed by atoms with Gasteiger partial charge in [0.1, 0.15) is 13.2 Å². The van der Waals surface area contributed by atoms with Crippen molar-refractivity contribution in [2.75, 3.05) is 26.3 Å². The van der Waals surface area contributed by atoms with Gasteiger partial charge in [0.05, 0.1) is 19.5 Å². The van der Waals surface area contributed by atoms with E-state index >= 15 is 0 Å². The van der Waals surface area contributed by atoms with E-state index in [0.29, 0.717) is 12.8 Å². The van der Waals surface area contributed by atoms with Gasteiger partial charge in [0.2, 0.25) is 5.91 Å². The van der Waals surface area contributed by atoms with Crippen molar-refractivity contribution >= 4 is 23.8 Å². The number of aliphatic carboxylic acids is 1. The third kappa shape index (κ3) is 37.1. The molecule has 0 unspecified atom stereocenters. The average Bonchev–Trinajstić information content (AvgIpc) is 3.13. The monoisotopic (exact) mass is 734 g/mol. The summed E-state index contributed by atoms with van der Waals surface area (Å²) in [6.07, 6.45) is 40.6. The fourth-order valence-corrected chi connectivity index (χ4v) is 6.10. The molecule has 0 bridgehead atoms. The Morgan fingerprint density at radius 3 is 1.12 bits per heavy atom. The summed E-state index contributed by atoms with van der Waals surface area (Å²) in [4.78, 5) is 49.5. The molecule has 0 aromatic rings. The molecule has 0 atom stereocenters. The molecular weight excluding hydrogens is 654 g/mol. The van der Waals surface area contributed by atoms with Crippen molar-refractivity contribution in [3.05, 3.63) is 24.3 Å². The molecule has 0 aromatic carbocycles. The van der Waals surface area contributed by atoms with Crippen LogP contribution in [0.3, 0.4) is 0 Å². The Bertz CT molecular complexity index is 858. The molecule has 52 heavy (non-hydrogen) atoms. The average molecular weight is 734 g/mol. The van der Waals surface area contributed by atoms with Crippen molar-refractivity contribution < 1.29 is 33.8 Å². The minimum Gasteiger partial charge on any atom is -0.481 e. The molecule has 0 aromatic heterocycles. The number of carbonyl (C=O) groups is 4. The molecule has 1 N–H and O–H groups in total. The van der Waals surface area contributed by atoms with Crippen LogP contribution in [-0.2, 0) is 28.7 Å². The Morgan fingerprint density at radius 2 is 0.769 bits per heavy atom. The minimum absolute atomic E-state index is 0.0333. The molecule has 0 aliphatic carbocycles. The lowest BCUT2D eigenvalue weighted by Crippen LogP contribution is -2.37. The fraction of sp³-hybridized carbons (Fsp3) is 0.818. The molecule has 0 saturated heterocycles. The number of carbonyl (C=O) groups excluding carboxylic acids is 3. The van der Waals surface area contributed by atoms with Crippen LogP contribution in [0.4, 0.5) is 0 Å². The lowest BCUT2D eigenvalue weighted by molar-refractivity contribution is -0.148. The first-order valence-corrected chi connectivity index (χ1v) is 21.5. The second-order valence-electron chi connectivity index (χ2n) is 14.4. The largest absolute Gasteiger partial charge is 0.481 e. The highest BCUT2D eigenvalue weighted by Crippen LogP contribution is 2.12. The number of rotatable bonds is 39. The van der Waals surface area contributed by atoms with Gasteiger partial charge in [-0.05, 0) is 64.2 Å². The van der Waals surface area contributed by atoms with Gasteiger partial charge in [-0.15, -0.1) is 0 Å². The number of unbranched alkanes of at least 4 members (excludes halogenated alkanes) is 22. The predicted octanol–water partition coefficient (Wildman–Crippen LogP) is 11.8. The molecular formula is C44H79NO7. The summed E-state index contributed by atoms with van der Waals surface area (Å²) in [6.45, 7) is 4.85. The number of nitrogens with zero attached hydrogens (tertiary/aromatic N) is 1. The van der Waals surface area contributed by atoms with Gasteiger partial charge in [-0.3, -0.25) is 19.2 Å². The third-order valence-electron chi connectivity index (χ3n) is 9.44. The normalized spacial score (nSPS) is 11.4. The van der Waals surface area contributed by atoms with Crippen LogP contribution >= 0.6 is 0 Å². The van der Waals surface area contributed by atoms with Crippen LogP contribution < -0.4 is 0 Å². The Kier molecular flexibility index (Phi) is 37.6. The molecule has 0 aliphatic heterocycles. The summed E-state index contributed by atoms with van der Waals surface area (Å²) in [5.41, 5.74) is 0. The van der Waals surface area contributed by atoms with Crippen LogP contribution in [-0.4, -0.2) is 60.1 Å². The van der Waals surface area contributed by atoms with E-state index in [1.54, 1.807) is 0 Å². The molecule has 302 valence electrons. The maximum Gasteiger partial charge on any atom is 0.305 e. The van der Waals surface area contributed by atoms with Crippen molar-refractivity contribution in [1.29, 1.82) is 0 Å². The van der Waals surface area contributed by atoms with E-state index in [2.05, 4.69) is 38.2 Å². The van der Waals surface area contributed by atoms with Crippen LogP contribution in [0.15, 0.2) is 24.3 Å². The maximum absolute atomic E-state index is 12.6. The molecule has 0 heterocycles. The van der Waals surface area contributed by atoms with Crippen LogP contribution in [0.25, 0.3) is 0 Å². The zero-order chi connectivity index (χ0) is 38.2. The quantitative estimate of drug-likeness (QED) is 0.0380. The summed E-state index contributed by atoms with van der Waals surface area (Å²) >= 11 is 0. The highest BCUT2D eigenvalue weighted by molar-refractivity contribution is 5.80. The maximum atomic E-state index is 12.6. The van der Waals surface area contributed by atoms with E-state index in [-0.39, 0.29) is 57.0 Å². The van der Waals surface area contributed by atoms with Crippen LogP contribution in [0.2, 0.25) is 0 Å². The summed E-state index contributed by atoms with van der Waals surface area (Å²) in [7, 11) is 0. The number of amides is 1. The van der Waals surface area contributed by atoms with Gasteiger partial charge in [-0.1, -0.05) is 141 Å². The summed E-state index contributed by atoms with van der Waals surface area (Å²) < 4.78 is 10.7. The first kappa shape index (κ1) is 49.4. The third-order valence-corrected chi connectivity index (χ3v) is 9.44. The lowest BCUT2D eigenvalue weighted by Gasteiger charge is -2.22. The zero-order valence-electron chi connectivity index (χ0n) is 33.7.